The average Bonchev–Trinajstić information content (AvgIpc) is 2.87. The molecule has 3 aromatic rings. The predicted molar refractivity (Wildman–Crippen MR) is 92.1 cm³/mol. The van der Waals surface area contributed by atoms with Crippen LogP contribution in [0.1, 0.15) is 5.56 Å². The second-order valence-corrected chi connectivity index (χ2v) is 5.57. The summed E-state index contributed by atoms with van der Waals surface area (Å²) in [5.74, 6) is -0.916. The van der Waals surface area contributed by atoms with Crippen molar-refractivity contribution >= 4 is 39.6 Å². The largest absolute Gasteiger partial charge is 0.493 e. The molecule has 0 amide bonds. The Morgan fingerprint density at radius 2 is 1.88 bits per heavy atom. The summed E-state index contributed by atoms with van der Waals surface area (Å²) in [7, 11) is 0. The van der Waals surface area contributed by atoms with Crippen LogP contribution in [0.15, 0.2) is 52.7 Å². The number of anilines is 1. The van der Waals surface area contributed by atoms with Gasteiger partial charge in [-0.3, -0.25) is 0 Å². The number of rotatable bonds is 2. The molecule has 0 atom stereocenters. The van der Waals surface area contributed by atoms with E-state index in [0.717, 1.165) is 12.1 Å². The number of azo groups is 1. The van der Waals surface area contributed by atoms with Crippen LogP contribution in [0.4, 0.5) is 28.9 Å². The molecule has 0 aliphatic carbocycles. The molecule has 0 aliphatic rings. The zero-order valence-corrected chi connectivity index (χ0v) is 13.6. The maximum absolute atomic E-state index is 13.4. The minimum absolute atomic E-state index is 0.0762. The third-order valence-corrected chi connectivity index (χ3v) is 3.61. The minimum Gasteiger partial charge on any atom is -0.493 e. The minimum atomic E-state index is -4.57. The van der Waals surface area contributed by atoms with Crippen LogP contribution >= 0.6 is 12.2 Å². The lowest BCUT2D eigenvalue weighted by atomic mass is 10.2. The van der Waals surface area contributed by atoms with Crippen LogP contribution in [0, 0.1) is 5.82 Å². The van der Waals surface area contributed by atoms with Crippen LogP contribution in [0.2, 0.25) is 0 Å². The Kier molecular flexibility index (Phi) is 4.60. The first-order valence-corrected chi connectivity index (χ1v) is 7.55. The van der Waals surface area contributed by atoms with Gasteiger partial charge in [0, 0.05) is 5.39 Å². The van der Waals surface area contributed by atoms with Crippen LogP contribution in [-0.4, -0.2) is 15.2 Å². The molecule has 10 heteroatoms. The molecule has 0 aliphatic heterocycles. The highest BCUT2D eigenvalue weighted by molar-refractivity contribution is 7.80. The number of aromatic nitrogens is 1. The number of H-pyrrole nitrogens is 1. The van der Waals surface area contributed by atoms with E-state index in [9.17, 15) is 22.7 Å². The molecule has 134 valence electrons. The molecule has 2 aromatic carbocycles. The molecule has 0 radical (unpaired) electrons. The Balaban J connectivity index is 1.86. The second-order valence-electron chi connectivity index (χ2n) is 5.19. The van der Waals surface area contributed by atoms with Gasteiger partial charge in [-0.15, -0.1) is 10.2 Å². The number of hydrogen-bond donors (Lipinski definition) is 3. The summed E-state index contributed by atoms with van der Waals surface area (Å²) >= 11 is 4.88. The molecule has 0 unspecified atom stereocenters. The molecule has 5 nitrogen and oxygen atoms in total. The summed E-state index contributed by atoms with van der Waals surface area (Å²) < 4.78 is 52.2. The molecule has 1 heterocycles. The molecule has 26 heavy (non-hydrogen) atoms. The summed E-state index contributed by atoms with van der Waals surface area (Å²) in [5.41, 5.74) is -0.848. The SMILES string of the molecule is Oc1[nH]c2ccc(F)cc2c1N=NC(=S)Nc1ccccc1C(F)(F)F. The van der Waals surface area contributed by atoms with E-state index in [-0.39, 0.29) is 27.8 Å². The number of aromatic hydroxyl groups is 1. The maximum Gasteiger partial charge on any atom is 0.418 e. The van der Waals surface area contributed by atoms with Crippen molar-refractivity contribution in [2.75, 3.05) is 5.32 Å². The van der Waals surface area contributed by atoms with Gasteiger partial charge in [0.1, 0.15) is 5.82 Å². The highest BCUT2D eigenvalue weighted by atomic mass is 32.1. The quantitative estimate of drug-likeness (QED) is 0.311. The first kappa shape index (κ1) is 17.8. The Hall–Kier alpha value is -3.01. The van der Waals surface area contributed by atoms with Gasteiger partial charge in [0.15, 0.2) is 5.69 Å². The molecule has 0 spiro atoms. The van der Waals surface area contributed by atoms with Crippen molar-refractivity contribution in [3.63, 3.8) is 0 Å². The summed E-state index contributed by atoms with van der Waals surface area (Å²) in [6.45, 7) is 0. The number of benzene rings is 2. The first-order chi connectivity index (χ1) is 12.3. The fourth-order valence-corrected chi connectivity index (χ4v) is 2.46. The first-order valence-electron chi connectivity index (χ1n) is 7.15. The Morgan fingerprint density at radius 3 is 2.62 bits per heavy atom. The number of hydrogen-bond acceptors (Lipinski definition) is 3. The second kappa shape index (κ2) is 6.71. The molecule has 3 N–H and O–H groups in total. The van der Waals surface area contributed by atoms with E-state index >= 15 is 0 Å². The number of aromatic amines is 1. The van der Waals surface area contributed by atoms with Gasteiger partial charge in [-0.05, 0) is 42.5 Å². The van der Waals surface area contributed by atoms with Gasteiger partial charge in [0.25, 0.3) is 0 Å². The molecular formula is C16H10F4N4OS. The number of halogens is 4. The van der Waals surface area contributed by atoms with E-state index in [1.807, 2.05) is 0 Å². The van der Waals surface area contributed by atoms with Gasteiger partial charge in [0.2, 0.25) is 11.0 Å². The number of nitrogens with one attached hydrogen (secondary N) is 2. The number of alkyl halides is 3. The Bertz CT molecular complexity index is 1010. The van der Waals surface area contributed by atoms with Gasteiger partial charge < -0.3 is 15.4 Å². The van der Waals surface area contributed by atoms with Crippen molar-refractivity contribution in [2.24, 2.45) is 10.2 Å². The fraction of sp³-hybridized carbons (Fsp3) is 0.0625. The number of para-hydroxylation sites is 1. The zero-order chi connectivity index (χ0) is 18.9. The highest BCUT2D eigenvalue weighted by Crippen LogP contribution is 2.36. The number of nitrogens with zero attached hydrogens (tertiary/aromatic N) is 2. The van der Waals surface area contributed by atoms with Crippen LogP contribution in [0.3, 0.4) is 0 Å². The van der Waals surface area contributed by atoms with Crippen LogP contribution in [-0.2, 0) is 6.18 Å². The number of thiocarbonyl (C=S) groups is 1. The molecule has 1 aromatic heterocycles. The standard InChI is InChI=1S/C16H10F4N4OS/c17-8-5-6-11-9(7-8)13(14(25)21-11)23-24-15(26)22-12-4-2-1-3-10(12)16(18,19)20/h1-7,21,25H,(H,22,26). The van der Waals surface area contributed by atoms with E-state index < -0.39 is 17.6 Å². The predicted octanol–water partition coefficient (Wildman–Crippen LogP) is 5.51. The summed E-state index contributed by atoms with van der Waals surface area (Å²) in [6.07, 6.45) is -4.57. The van der Waals surface area contributed by atoms with E-state index in [2.05, 4.69) is 20.5 Å². The smallest absolute Gasteiger partial charge is 0.418 e. The van der Waals surface area contributed by atoms with Gasteiger partial charge in [-0.2, -0.15) is 13.2 Å². The van der Waals surface area contributed by atoms with Crippen molar-refractivity contribution in [1.82, 2.24) is 4.98 Å². The van der Waals surface area contributed by atoms with E-state index in [1.165, 1.54) is 30.3 Å². The molecule has 3 rings (SSSR count). The van der Waals surface area contributed by atoms with Crippen molar-refractivity contribution < 1.29 is 22.7 Å². The zero-order valence-electron chi connectivity index (χ0n) is 12.8. The van der Waals surface area contributed by atoms with Gasteiger partial charge in [-0.1, -0.05) is 12.1 Å². The molecule has 0 saturated carbocycles. The van der Waals surface area contributed by atoms with Gasteiger partial charge >= 0.3 is 6.18 Å². The Labute approximate surface area is 149 Å². The van der Waals surface area contributed by atoms with Gasteiger partial charge in [-0.25, -0.2) is 4.39 Å². The van der Waals surface area contributed by atoms with Crippen molar-refractivity contribution in [1.29, 1.82) is 0 Å². The van der Waals surface area contributed by atoms with Crippen molar-refractivity contribution in [3.8, 4) is 5.88 Å². The topological polar surface area (TPSA) is 72.8 Å². The molecule has 0 bridgehead atoms. The van der Waals surface area contributed by atoms with E-state index in [0.29, 0.717) is 5.52 Å². The van der Waals surface area contributed by atoms with Crippen molar-refractivity contribution in [2.45, 2.75) is 6.18 Å². The lowest BCUT2D eigenvalue weighted by Gasteiger charge is -2.12. The third kappa shape index (κ3) is 3.64. The Morgan fingerprint density at radius 1 is 1.15 bits per heavy atom. The number of fused-ring (bicyclic) bond motifs is 1. The van der Waals surface area contributed by atoms with E-state index in [1.54, 1.807) is 0 Å². The van der Waals surface area contributed by atoms with Crippen LogP contribution in [0.5, 0.6) is 5.88 Å². The third-order valence-electron chi connectivity index (χ3n) is 3.43. The summed E-state index contributed by atoms with van der Waals surface area (Å²) in [5, 5.41) is 19.4. The monoisotopic (exact) mass is 382 g/mol. The lowest BCUT2D eigenvalue weighted by molar-refractivity contribution is -0.136. The lowest BCUT2D eigenvalue weighted by Crippen LogP contribution is -2.13. The molecule has 0 saturated heterocycles. The van der Waals surface area contributed by atoms with Crippen molar-refractivity contribution in [3.05, 3.63) is 53.8 Å². The average molecular weight is 382 g/mol. The van der Waals surface area contributed by atoms with Crippen LogP contribution < -0.4 is 5.32 Å². The fourth-order valence-electron chi connectivity index (χ4n) is 2.31. The molecule has 0 fully saturated rings. The summed E-state index contributed by atoms with van der Waals surface area (Å²) in [6, 6.07) is 8.48. The highest BCUT2D eigenvalue weighted by Gasteiger charge is 2.33. The normalized spacial score (nSPS) is 12.0. The van der Waals surface area contributed by atoms with E-state index in [4.69, 9.17) is 12.2 Å². The van der Waals surface area contributed by atoms with Gasteiger partial charge in [0.05, 0.1) is 16.8 Å². The molecular weight excluding hydrogens is 372 g/mol. The summed E-state index contributed by atoms with van der Waals surface area (Å²) in [4.78, 5) is 2.58. The van der Waals surface area contributed by atoms with Crippen LogP contribution in [0.25, 0.3) is 10.9 Å². The maximum atomic E-state index is 13.4.